The topological polar surface area (TPSA) is 96.7 Å². The van der Waals surface area contributed by atoms with Crippen LogP contribution in [0.3, 0.4) is 0 Å². The number of halogens is 3. The monoisotopic (exact) mass is 432 g/mol. The van der Waals surface area contributed by atoms with Crippen LogP contribution in [0.15, 0.2) is 57.2 Å². The van der Waals surface area contributed by atoms with Gasteiger partial charge in [-0.25, -0.2) is 14.5 Å². The lowest BCUT2D eigenvalue weighted by Gasteiger charge is -2.11. The van der Waals surface area contributed by atoms with E-state index in [1.165, 1.54) is 54.0 Å². The maximum absolute atomic E-state index is 13.0. The van der Waals surface area contributed by atoms with Crippen LogP contribution in [0.2, 0.25) is 0 Å². The molecular weight excluding hydrogens is 417 g/mol. The van der Waals surface area contributed by atoms with Gasteiger partial charge >= 0.3 is 11.9 Å². The smallest absolute Gasteiger partial charge is 0.299 e. The Hall–Kier alpha value is -3.96. The molecule has 31 heavy (non-hydrogen) atoms. The minimum absolute atomic E-state index is 0.0775. The van der Waals surface area contributed by atoms with Gasteiger partial charge in [-0.05, 0) is 18.2 Å². The molecule has 0 saturated carbocycles. The van der Waals surface area contributed by atoms with Crippen molar-refractivity contribution >= 4 is 11.0 Å². The van der Waals surface area contributed by atoms with Crippen molar-refractivity contribution in [1.29, 1.82) is 0 Å². The molecule has 0 saturated heterocycles. The Kier molecular flexibility index (Phi) is 4.64. The van der Waals surface area contributed by atoms with Crippen LogP contribution in [0, 0.1) is 0 Å². The van der Waals surface area contributed by atoms with Gasteiger partial charge < -0.3 is 0 Å². The Labute approximate surface area is 171 Å². The number of hydrogen-bond donors (Lipinski definition) is 0. The van der Waals surface area contributed by atoms with Gasteiger partial charge in [0.1, 0.15) is 11.7 Å². The molecule has 0 aliphatic heterocycles. The quantitative estimate of drug-likeness (QED) is 0.482. The zero-order valence-corrected chi connectivity index (χ0v) is 16.3. The number of alkyl halides is 3. The van der Waals surface area contributed by atoms with Crippen LogP contribution >= 0.6 is 0 Å². The van der Waals surface area contributed by atoms with Gasteiger partial charge in [0.05, 0.1) is 24.0 Å². The molecule has 0 bridgehead atoms. The van der Waals surface area contributed by atoms with Crippen LogP contribution in [-0.4, -0.2) is 28.5 Å². The van der Waals surface area contributed by atoms with Crippen LogP contribution in [0.5, 0.6) is 0 Å². The van der Waals surface area contributed by atoms with Crippen molar-refractivity contribution < 1.29 is 13.2 Å². The molecule has 3 aromatic heterocycles. The second-order valence-corrected chi connectivity index (χ2v) is 6.89. The lowest BCUT2D eigenvalue weighted by molar-refractivity contribution is -0.137. The molecule has 0 atom stereocenters. The van der Waals surface area contributed by atoms with Crippen molar-refractivity contribution in [3.05, 3.63) is 85.3 Å². The third-order valence-electron chi connectivity index (χ3n) is 4.93. The molecule has 3 heterocycles. The normalized spacial score (nSPS) is 11.9. The number of rotatable bonds is 3. The summed E-state index contributed by atoms with van der Waals surface area (Å²) in [6.45, 7) is -0.0989. The first-order chi connectivity index (χ1) is 14.6. The predicted octanol–water partition coefficient (Wildman–Crippen LogP) is 1.05. The molecule has 0 fully saturated rings. The molecular formula is C19H15F3N6O3. The summed E-state index contributed by atoms with van der Waals surface area (Å²) in [5.74, 6) is 0. The van der Waals surface area contributed by atoms with Gasteiger partial charge in [0, 0.05) is 25.9 Å². The Bertz CT molecular complexity index is 1490. The zero-order valence-electron chi connectivity index (χ0n) is 16.3. The SMILES string of the molecule is Cn1c(Cn2cnc3c(cnn3-c3cccc(C(F)(F)F)c3)c2=O)cc(=O)n(C)c1=O. The van der Waals surface area contributed by atoms with Crippen LogP contribution in [-0.2, 0) is 26.8 Å². The van der Waals surface area contributed by atoms with Gasteiger partial charge in [-0.15, -0.1) is 0 Å². The van der Waals surface area contributed by atoms with Gasteiger partial charge in [0.25, 0.3) is 11.1 Å². The number of benzene rings is 1. The summed E-state index contributed by atoms with van der Waals surface area (Å²) in [6, 6.07) is 5.75. The van der Waals surface area contributed by atoms with Crippen LogP contribution in [0.4, 0.5) is 13.2 Å². The number of nitrogens with zero attached hydrogens (tertiary/aromatic N) is 6. The fourth-order valence-corrected chi connectivity index (χ4v) is 3.17. The molecule has 12 heteroatoms. The highest BCUT2D eigenvalue weighted by Crippen LogP contribution is 2.30. The Morgan fingerprint density at radius 1 is 1.03 bits per heavy atom. The summed E-state index contributed by atoms with van der Waals surface area (Å²) in [7, 11) is 2.82. The Balaban J connectivity index is 1.79. The minimum Gasteiger partial charge on any atom is -0.299 e. The molecule has 4 aromatic rings. The molecule has 1 aromatic carbocycles. The Morgan fingerprint density at radius 2 is 1.77 bits per heavy atom. The zero-order chi connectivity index (χ0) is 22.5. The Morgan fingerprint density at radius 3 is 2.48 bits per heavy atom. The molecule has 0 aliphatic rings. The standard InChI is InChI=1S/C19H15F3N6O3/c1-25-13(7-15(29)26(2)18(25)31)9-27-10-23-16-14(17(27)30)8-24-28(16)12-5-3-4-11(6-12)19(20,21)22/h3-8,10H,9H2,1-2H3. The van der Waals surface area contributed by atoms with Crippen molar-refractivity contribution in [3.63, 3.8) is 0 Å². The van der Waals surface area contributed by atoms with E-state index in [1.54, 1.807) is 0 Å². The molecule has 4 rings (SSSR count). The summed E-state index contributed by atoms with van der Waals surface area (Å²) < 4.78 is 43.6. The third kappa shape index (κ3) is 3.45. The highest BCUT2D eigenvalue weighted by molar-refractivity contribution is 5.75. The van der Waals surface area contributed by atoms with Crippen LogP contribution < -0.4 is 16.8 Å². The van der Waals surface area contributed by atoms with E-state index in [2.05, 4.69) is 10.1 Å². The molecule has 0 amide bonds. The van der Waals surface area contributed by atoms with Crippen molar-refractivity contribution in [2.45, 2.75) is 12.7 Å². The number of fused-ring (bicyclic) bond motifs is 1. The largest absolute Gasteiger partial charge is 0.416 e. The number of aromatic nitrogens is 6. The molecule has 0 radical (unpaired) electrons. The number of hydrogen-bond acceptors (Lipinski definition) is 5. The lowest BCUT2D eigenvalue weighted by atomic mass is 10.2. The highest BCUT2D eigenvalue weighted by atomic mass is 19.4. The average molecular weight is 432 g/mol. The van der Waals surface area contributed by atoms with E-state index in [4.69, 9.17) is 0 Å². The second-order valence-electron chi connectivity index (χ2n) is 6.89. The van der Waals surface area contributed by atoms with Crippen molar-refractivity contribution in [1.82, 2.24) is 28.5 Å². The van der Waals surface area contributed by atoms with E-state index in [1.807, 2.05) is 0 Å². The summed E-state index contributed by atoms with van der Waals surface area (Å²) in [5, 5.41) is 4.10. The van der Waals surface area contributed by atoms with Gasteiger partial charge in [-0.1, -0.05) is 6.07 Å². The summed E-state index contributed by atoms with van der Waals surface area (Å²) in [6.07, 6.45) is -2.12. The van der Waals surface area contributed by atoms with Gasteiger partial charge in [-0.2, -0.15) is 18.3 Å². The minimum atomic E-state index is -4.53. The maximum atomic E-state index is 13.0. The van der Waals surface area contributed by atoms with E-state index in [0.717, 1.165) is 21.4 Å². The van der Waals surface area contributed by atoms with E-state index >= 15 is 0 Å². The average Bonchev–Trinajstić information content (AvgIpc) is 3.16. The second kappa shape index (κ2) is 7.07. The third-order valence-corrected chi connectivity index (χ3v) is 4.93. The van der Waals surface area contributed by atoms with E-state index < -0.39 is 28.5 Å². The molecule has 160 valence electrons. The highest BCUT2D eigenvalue weighted by Gasteiger charge is 2.30. The van der Waals surface area contributed by atoms with Crippen molar-refractivity contribution in [2.24, 2.45) is 14.1 Å². The molecule has 0 aliphatic carbocycles. The molecule has 9 nitrogen and oxygen atoms in total. The van der Waals surface area contributed by atoms with Gasteiger partial charge in [0.15, 0.2) is 5.65 Å². The van der Waals surface area contributed by atoms with Crippen molar-refractivity contribution in [3.8, 4) is 5.69 Å². The summed E-state index contributed by atoms with van der Waals surface area (Å²) in [5.41, 5.74) is -1.95. The van der Waals surface area contributed by atoms with E-state index in [0.29, 0.717) is 5.69 Å². The van der Waals surface area contributed by atoms with E-state index in [9.17, 15) is 27.6 Å². The summed E-state index contributed by atoms with van der Waals surface area (Å²) in [4.78, 5) is 41.0. The summed E-state index contributed by atoms with van der Waals surface area (Å²) >= 11 is 0. The first kappa shape index (κ1) is 20.3. The van der Waals surface area contributed by atoms with Crippen LogP contribution in [0.1, 0.15) is 11.3 Å². The molecule has 0 N–H and O–H groups in total. The molecule has 0 unspecified atom stereocenters. The van der Waals surface area contributed by atoms with Crippen molar-refractivity contribution in [2.75, 3.05) is 0 Å². The molecule has 0 spiro atoms. The maximum Gasteiger partial charge on any atom is 0.416 e. The van der Waals surface area contributed by atoms with Gasteiger partial charge in [0.2, 0.25) is 0 Å². The predicted molar refractivity (Wildman–Crippen MR) is 104 cm³/mol. The first-order valence-corrected chi connectivity index (χ1v) is 8.94. The van der Waals surface area contributed by atoms with Crippen LogP contribution in [0.25, 0.3) is 16.7 Å². The first-order valence-electron chi connectivity index (χ1n) is 8.94. The van der Waals surface area contributed by atoms with Gasteiger partial charge in [-0.3, -0.25) is 23.3 Å². The fraction of sp³-hybridized carbons (Fsp3) is 0.211. The van der Waals surface area contributed by atoms with E-state index in [-0.39, 0.29) is 23.3 Å². The fourth-order valence-electron chi connectivity index (χ4n) is 3.17. The lowest BCUT2D eigenvalue weighted by Crippen LogP contribution is -2.39.